The molecule has 0 aromatic carbocycles. The molecule has 1 heterocycles. The first kappa shape index (κ1) is 13.8. The zero-order chi connectivity index (χ0) is 13.0. The number of hydrogen-bond donors (Lipinski definition) is 2. The second-order valence-corrected chi connectivity index (χ2v) is 7.59. The predicted octanol–water partition coefficient (Wildman–Crippen LogP) is 0.212. The molecule has 1 saturated carbocycles. The third-order valence-corrected chi connectivity index (χ3v) is 6.00. The van der Waals surface area contributed by atoms with Gasteiger partial charge in [0.2, 0.25) is 5.91 Å². The van der Waals surface area contributed by atoms with Gasteiger partial charge in [0.05, 0.1) is 5.25 Å². The highest BCUT2D eigenvalue weighted by Gasteiger charge is 2.30. The molecule has 0 spiro atoms. The minimum Gasteiger partial charge on any atom is -0.352 e. The Morgan fingerprint density at radius 2 is 1.72 bits per heavy atom. The van der Waals surface area contributed by atoms with E-state index >= 15 is 0 Å². The summed E-state index contributed by atoms with van der Waals surface area (Å²) < 4.78 is 24.2. The topological polar surface area (TPSA) is 75.3 Å². The van der Waals surface area contributed by atoms with Gasteiger partial charge in [-0.25, -0.2) is 8.42 Å². The molecule has 1 saturated heterocycles. The second kappa shape index (κ2) is 6.02. The first-order chi connectivity index (χ1) is 8.58. The van der Waals surface area contributed by atoms with Crippen molar-refractivity contribution in [1.82, 2.24) is 10.6 Å². The summed E-state index contributed by atoms with van der Waals surface area (Å²) >= 11 is 0. The van der Waals surface area contributed by atoms with Crippen LogP contribution in [0.3, 0.4) is 0 Å². The van der Waals surface area contributed by atoms with Gasteiger partial charge in [-0.3, -0.25) is 4.79 Å². The van der Waals surface area contributed by atoms with E-state index in [-0.39, 0.29) is 23.0 Å². The fourth-order valence-corrected chi connectivity index (χ4v) is 4.43. The van der Waals surface area contributed by atoms with E-state index in [0.717, 1.165) is 38.8 Å². The van der Waals surface area contributed by atoms with Crippen LogP contribution in [0.25, 0.3) is 0 Å². The fourth-order valence-electron chi connectivity index (χ4n) is 2.79. The molecular formula is C12H22N2O3S. The maximum absolute atomic E-state index is 12.1. The van der Waals surface area contributed by atoms with E-state index in [4.69, 9.17) is 0 Å². The highest BCUT2D eigenvalue weighted by Crippen LogP contribution is 2.18. The van der Waals surface area contributed by atoms with Gasteiger partial charge in [0.1, 0.15) is 5.75 Å². The summed E-state index contributed by atoms with van der Waals surface area (Å²) in [6.07, 6.45) is 5.48. The molecule has 0 aromatic heterocycles. The molecule has 18 heavy (non-hydrogen) atoms. The largest absolute Gasteiger partial charge is 0.352 e. The molecule has 1 amide bonds. The van der Waals surface area contributed by atoms with E-state index < -0.39 is 9.84 Å². The molecule has 0 radical (unpaired) electrons. The van der Waals surface area contributed by atoms with Gasteiger partial charge >= 0.3 is 0 Å². The molecule has 0 unspecified atom stereocenters. The smallest absolute Gasteiger partial charge is 0.235 e. The third-order valence-electron chi connectivity index (χ3n) is 3.85. The van der Waals surface area contributed by atoms with E-state index in [1.54, 1.807) is 0 Å². The Labute approximate surface area is 109 Å². The summed E-state index contributed by atoms with van der Waals surface area (Å²) in [4.78, 5) is 11.8. The third kappa shape index (κ3) is 3.68. The van der Waals surface area contributed by atoms with Crippen LogP contribution in [0.2, 0.25) is 0 Å². The van der Waals surface area contributed by atoms with Crippen LogP contribution in [0.15, 0.2) is 0 Å². The maximum Gasteiger partial charge on any atom is 0.235 e. The van der Waals surface area contributed by atoms with Crippen LogP contribution in [0, 0.1) is 0 Å². The maximum atomic E-state index is 12.1. The van der Waals surface area contributed by atoms with E-state index in [1.807, 2.05) is 0 Å². The van der Waals surface area contributed by atoms with E-state index in [1.165, 1.54) is 0 Å². The molecule has 1 aliphatic heterocycles. The number of hydrogen-bond acceptors (Lipinski definition) is 4. The highest BCUT2D eigenvalue weighted by molar-refractivity contribution is 7.92. The lowest BCUT2D eigenvalue weighted by atomic mass is 10.2. The van der Waals surface area contributed by atoms with Crippen LogP contribution in [-0.4, -0.2) is 44.5 Å². The number of carbonyl (C=O) groups excluding carboxylic acids is 1. The highest BCUT2D eigenvalue weighted by atomic mass is 32.2. The predicted molar refractivity (Wildman–Crippen MR) is 70.1 cm³/mol. The lowest BCUT2D eigenvalue weighted by molar-refractivity contribution is -0.119. The zero-order valence-corrected chi connectivity index (χ0v) is 11.5. The number of amides is 1. The minimum atomic E-state index is -3.28. The van der Waals surface area contributed by atoms with E-state index in [2.05, 4.69) is 10.6 Å². The summed E-state index contributed by atoms with van der Waals surface area (Å²) in [5.41, 5.74) is 0. The summed E-state index contributed by atoms with van der Waals surface area (Å²) in [5, 5.41) is 5.63. The van der Waals surface area contributed by atoms with Crippen LogP contribution < -0.4 is 10.6 Å². The SMILES string of the molecule is O=C(CS(=O)(=O)C1CCNCC1)NC1CCCC1. The average molecular weight is 274 g/mol. The second-order valence-electron chi connectivity index (χ2n) is 5.31. The van der Waals surface area contributed by atoms with Crippen molar-refractivity contribution in [3.63, 3.8) is 0 Å². The van der Waals surface area contributed by atoms with Gasteiger partial charge in [-0.2, -0.15) is 0 Å². The Bertz CT molecular complexity index is 382. The average Bonchev–Trinajstić information content (AvgIpc) is 2.82. The molecule has 2 rings (SSSR count). The lowest BCUT2D eigenvalue weighted by Gasteiger charge is -2.22. The molecule has 0 atom stereocenters. The summed E-state index contributed by atoms with van der Waals surface area (Å²) in [6.45, 7) is 1.46. The Hall–Kier alpha value is -0.620. The monoisotopic (exact) mass is 274 g/mol. The van der Waals surface area contributed by atoms with Crippen molar-refractivity contribution < 1.29 is 13.2 Å². The molecule has 104 valence electrons. The minimum absolute atomic E-state index is 0.195. The van der Waals surface area contributed by atoms with Crippen molar-refractivity contribution >= 4 is 15.7 Å². The van der Waals surface area contributed by atoms with Gasteiger partial charge in [-0.1, -0.05) is 12.8 Å². The standard InChI is InChI=1S/C12H22N2O3S/c15-12(14-10-3-1-2-4-10)9-18(16,17)11-5-7-13-8-6-11/h10-11,13H,1-9H2,(H,14,15). The quantitative estimate of drug-likeness (QED) is 0.768. The summed E-state index contributed by atoms with van der Waals surface area (Å²) in [7, 11) is -3.28. The lowest BCUT2D eigenvalue weighted by Crippen LogP contribution is -2.42. The van der Waals surface area contributed by atoms with Crippen molar-refractivity contribution in [1.29, 1.82) is 0 Å². The van der Waals surface area contributed by atoms with E-state index in [9.17, 15) is 13.2 Å². The molecular weight excluding hydrogens is 252 g/mol. The van der Waals surface area contributed by atoms with Crippen LogP contribution in [0.5, 0.6) is 0 Å². The number of nitrogens with one attached hydrogen (secondary N) is 2. The number of rotatable bonds is 4. The van der Waals surface area contributed by atoms with Crippen LogP contribution >= 0.6 is 0 Å². The molecule has 2 fully saturated rings. The number of piperidine rings is 1. The van der Waals surface area contributed by atoms with Crippen LogP contribution in [-0.2, 0) is 14.6 Å². The van der Waals surface area contributed by atoms with Crippen LogP contribution in [0.1, 0.15) is 38.5 Å². The van der Waals surface area contributed by atoms with Crippen molar-refractivity contribution in [3.8, 4) is 0 Å². The molecule has 1 aliphatic carbocycles. The van der Waals surface area contributed by atoms with Crippen molar-refractivity contribution in [2.45, 2.75) is 49.8 Å². The van der Waals surface area contributed by atoms with Crippen molar-refractivity contribution in [2.75, 3.05) is 18.8 Å². The molecule has 2 aliphatic rings. The fraction of sp³-hybridized carbons (Fsp3) is 0.917. The first-order valence-corrected chi connectivity index (χ1v) is 8.51. The zero-order valence-electron chi connectivity index (χ0n) is 10.7. The Balaban J connectivity index is 1.84. The van der Waals surface area contributed by atoms with Crippen molar-refractivity contribution in [2.24, 2.45) is 0 Å². The van der Waals surface area contributed by atoms with Crippen LogP contribution in [0.4, 0.5) is 0 Å². The molecule has 0 bridgehead atoms. The van der Waals surface area contributed by atoms with Gasteiger partial charge in [0.25, 0.3) is 0 Å². The van der Waals surface area contributed by atoms with Gasteiger partial charge in [0.15, 0.2) is 9.84 Å². The Morgan fingerprint density at radius 3 is 2.33 bits per heavy atom. The molecule has 5 nitrogen and oxygen atoms in total. The summed E-state index contributed by atoms with van der Waals surface area (Å²) in [5.74, 6) is -0.658. The van der Waals surface area contributed by atoms with Gasteiger partial charge < -0.3 is 10.6 Å². The van der Waals surface area contributed by atoms with Crippen molar-refractivity contribution in [3.05, 3.63) is 0 Å². The normalized spacial score (nSPS) is 23.1. The summed E-state index contributed by atoms with van der Waals surface area (Å²) in [6, 6.07) is 0.195. The first-order valence-electron chi connectivity index (χ1n) is 6.79. The molecule has 2 N–H and O–H groups in total. The molecule has 6 heteroatoms. The number of carbonyl (C=O) groups is 1. The van der Waals surface area contributed by atoms with Gasteiger partial charge in [-0.15, -0.1) is 0 Å². The number of sulfone groups is 1. The Morgan fingerprint density at radius 1 is 1.11 bits per heavy atom. The Kier molecular flexibility index (Phi) is 4.61. The van der Waals surface area contributed by atoms with Gasteiger partial charge in [-0.05, 0) is 38.8 Å². The van der Waals surface area contributed by atoms with E-state index in [0.29, 0.717) is 12.8 Å². The molecule has 0 aromatic rings. The van der Waals surface area contributed by atoms with Gasteiger partial charge in [0, 0.05) is 6.04 Å².